The number of aromatic nitrogens is 1. The van der Waals surface area contributed by atoms with Crippen LogP contribution in [0.2, 0.25) is 0 Å². The van der Waals surface area contributed by atoms with Crippen LogP contribution in [0.5, 0.6) is 0 Å². The lowest BCUT2D eigenvalue weighted by atomic mass is 10.1. The Hall–Kier alpha value is -2.56. The van der Waals surface area contributed by atoms with Gasteiger partial charge in [0.2, 0.25) is 0 Å². The molecule has 2 N–H and O–H groups in total. The highest BCUT2D eigenvalue weighted by atomic mass is 16.2. The number of aryl methyl sites for hydroxylation is 1. The van der Waals surface area contributed by atoms with Crippen molar-refractivity contribution in [2.24, 2.45) is 0 Å². The van der Waals surface area contributed by atoms with Crippen molar-refractivity contribution in [1.29, 1.82) is 0 Å². The van der Waals surface area contributed by atoms with Crippen LogP contribution < -0.4 is 15.8 Å². The fourth-order valence-electron chi connectivity index (χ4n) is 2.96. The first kappa shape index (κ1) is 15.3. The number of pyridine rings is 1. The number of amides is 1. The maximum atomic E-state index is 12.3. The largest absolute Gasteiger partial charge is 0.372 e. The summed E-state index contributed by atoms with van der Waals surface area (Å²) in [6, 6.07) is 9.52. The zero-order valence-corrected chi connectivity index (χ0v) is 13.3. The molecule has 0 radical (unpaired) electrons. The maximum absolute atomic E-state index is 12.3. The number of anilines is 2. The smallest absolute Gasteiger partial charge is 0.261 e. The van der Waals surface area contributed by atoms with Crippen LogP contribution in [0.4, 0.5) is 11.4 Å². The monoisotopic (exact) mass is 311 g/mol. The predicted molar refractivity (Wildman–Crippen MR) is 92.3 cm³/mol. The molecule has 0 atom stereocenters. The molecule has 2 aromatic rings. The van der Waals surface area contributed by atoms with Crippen LogP contribution in [0.3, 0.4) is 0 Å². The summed E-state index contributed by atoms with van der Waals surface area (Å²) in [7, 11) is 0. The van der Waals surface area contributed by atoms with Gasteiger partial charge in [-0.05, 0) is 62.1 Å². The number of nitrogens with one attached hydrogen (secondary N) is 2. The van der Waals surface area contributed by atoms with Gasteiger partial charge in [-0.15, -0.1) is 0 Å². The number of benzene rings is 1. The van der Waals surface area contributed by atoms with E-state index in [1.807, 2.05) is 24.3 Å². The van der Waals surface area contributed by atoms with Gasteiger partial charge < -0.3 is 15.2 Å². The summed E-state index contributed by atoms with van der Waals surface area (Å²) in [5.41, 5.74) is 2.33. The second-order valence-corrected chi connectivity index (χ2v) is 5.91. The molecule has 1 saturated heterocycles. The van der Waals surface area contributed by atoms with E-state index in [-0.39, 0.29) is 17.0 Å². The molecule has 0 unspecified atom stereocenters. The van der Waals surface area contributed by atoms with Crippen molar-refractivity contribution < 1.29 is 4.79 Å². The van der Waals surface area contributed by atoms with E-state index in [9.17, 15) is 9.59 Å². The van der Waals surface area contributed by atoms with Crippen LogP contribution in [0, 0.1) is 6.92 Å². The number of carbonyl (C=O) groups is 1. The standard InChI is InChI=1S/C18H21N3O2/c1-13-9-10-19-17(22)16(13)18(23)20-14-5-7-15(8-6-14)21-11-3-2-4-12-21/h5-10H,2-4,11-12H2,1H3,(H,19,22)(H,20,23). The topological polar surface area (TPSA) is 65.2 Å². The highest BCUT2D eigenvalue weighted by molar-refractivity contribution is 6.05. The number of piperidine rings is 1. The molecular formula is C18H21N3O2. The Balaban J connectivity index is 1.73. The average molecular weight is 311 g/mol. The van der Waals surface area contributed by atoms with Crippen molar-refractivity contribution in [2.45, 2.75) is 26.2 Å². The molecule has 0 saturated carbocycles. The van der Waals surface area contributed by atoms with E-state index >= 15 is 0 Å². The molecule has 5 heteroatoms. The van der Waals surface area contributed by atoms with E-state index in [1.165, 1.54) is 24.9 Å². The van der Waals surface area contributed by atoms with Crippen LogP contribution in [-0.4, -0.2) is 24.0 Å². The molecule has 1 aromatic carbocycles. The normalized spacial score (nSPS) is 14.6. The Labute approximate surface area is 135 Å². The molecule has 120 valence electrons. The van der Waals surface area contributed by atoms with Crippen LogP contribution in [0.15, 0.2) is 41.3 Å². The van der Waals surface area contributed by atoms with Gasteiger partial charge in [-0.2, -0.15) is 0 Å². The van der Waals surface area contributed by atoms with Crippen LogP contribution in [0.1, 0.15) is 35.2 Å². The van der Waals surface area contributed by atoms with Gasteiger partial charge in [0.25, 0.3) is 11.5 Å². The van der Waals surface area contributed by atoms with E-state index < -0.39 is 0 Å². The molecule has 23 heavy (non-hydrogen) atoms. The number of aromatic amines is 1. The molecule has 3 rings (SSSR count). The van der Waals surface area contributed by atoms with Crippen molar-refractivity contribution in [3.63, 3.8) is 0 Å². The van der Waals surface area contributed by atoms with Crippen molar-refractivity contribution in [2.75, 3.05) is 23.3 Å². The highest BCUT2D eigenvalue weighted by Gasteiger charge is 2.14. The third-order valence-electron chi connectivity index (χ3n) is 4.24. The Morgan fingerprint density at radius 3 is 2.43 bits per heavy atom. The van der Waals surface area contributed by atoms with Gasteiger partial charge in [-0.25, -0.2) is 0 Å². The second-order valence-electron chi connectivity index (χ2n) is 5.91. The van der Waals surface area contributed by atoms with Crippen molar-refractivity contribution in [3.8, 4) is 0 Å². The molecule has 0 aliphatic carbocycles. The van der Waals surface area contributed by atoms with Gasteiger partial charge in [0.15, 0.2) is 0 Å². The fraction of sp³-hybridized carbons (Fsp3) is 0.333. The van der Waals surface area contributed by atoms with Crippen molar-refractivity contribution in [1.82, 2.24) is 4.98 Å². The number of hydrogen-bond donors (Lipinski definition) is 2. The van der Waals surface area contributed by atoms with E-state index in [0.717, 1.165) is 13.1 Å². The van der Waals surface area contributed by atoms with Gasteiger partial charge >= 0.3 is 0 Å². The molecular weight excluding hydrogens is 290 g/mol. The van der Waals surface area contributed by atoms with Crippen molar-refractivity contribution in [3.05, 3.63) is 58.0 Å². The fourth-order valence-corrected chi connectivity index (χ4v) is 2.96. The second kappa shape index (κ2) is 6.69. The molecule has 1 amide bonds. The predicted octanol–water partition coefficient (Wildman–Crippen LogP) is 2.93. The van der Waals surface area contributed by atoms with Crippen LogP contribution in [-0.2, 0) is 0 Å². The van der Waals surface area contributed by atoms with Gasteiger partial charge in [0.05, 0.1) is 0 Å². The number of carbonyl (C=O) groups excluding carboxylic acids is 1. The summed E-state index contributed by atoms with van der Waals surface area (Å²) >= 11 is 0. The number of H-pyrrole nitrogens is 1. The van der Waals surface area contributed by atoms with E-state index in [0.29, 0.717) is 11.3 Å². The number of hydrogen-bond acceptors (Lipinski definition) is 3. The lowest BCUT2D eigenvalue weighted by Gasteiger charge is -2.28. The molecule has 0 bridgehead atoms. The lowest BCUT2D eigenvalue weighted by Crippen LogP contribution is -2.29. The quantitative estimate of drug-likeness (QED) is 0.916. The van der Waals surface area contributed by atoms with Crippen LogP contribution >= 0.6 is 0 Å². The molecule has 5 nitrogen and oxygen atoms in total. The molecule has 0 spiro atoms. The highest BCUT2D eigenvalue weighted by Crippen LogP contribution is 2.22. The van der Waals surface area contributed by atoms with E-state index in [2.05, 4.69) is 15.2 Å². The summed E-state index contributed by atoms with van der Waals surface area (Å²) in [6.07, 6.45) is 5.31. The third kappa shape index (κ3) is 3.44. The minimum Gasteiger partial charge on any atom is -0.372 e. The van der Waals surface area contributed by atoms with Crippen LogP contribution in [0.25, 0.3) is 0 Å². The SMILES string of the molecule is Cc1cc[nH]c(=O)c1C(=O)Nc1ccc(N2CCCCC2)cc1. The van der Waals surface area contributed by atoms with Gasteiger partial charge in [-0.1, -0.05) is 0 Å². The maximum Gasteiger partial charge on any atom is 0.261 e. The molecule has 2 heterocycles. The van der Waals surface area contributed by atoms with Gasteiger partial charge in [-0.3, -0.25) is 9.59 Å². The Kier molecular flexibility index (Phi) is 4.46. The summed E-state index contributed by atoms with van der Waals surface area (Å²) in [5, 5.41) is 2.79. The first-order chi connectivity index (χ1) is 11.1. The van der Waals surface area contributed by atoms with E-state index in [1.54, 1.807) is 19.2 Å². The Bertz CT molecular complexity index is 744. The lowest BCUT2D eigenvalue weighted by molar-refractivity contribution is 0.102. The average Bonchev–Trinajstić information content (AvgIpc) is 2.56. The molecule has 1 aliphatic rings. The Morgan fingerprint density at radius 1 is 1.09 bits per heavy atom. The number of nitrogens with zero attached hydrogens (tertiary/aromatic N) is 1. The zero-order chi connectivity index (χ0) is 16.2. The summed E-state index contributed by atoms with van der Waals surface area (Å²) in [6.45, 7) is 3.93. The summed E-state index contributed by atoms with van der Waals surface area (Å²) < 4.78 is 0. The summed E-state index contributed by atoms with van der Waals surface area (Å²) in [4.78, 5) is 29.0. The first-order valence-corrected chi connectivity index (χ1v) is 8.00. The first-order valence-electron chi connectivity index (χ1n) is 8.00. The Morgan fingerprint density at radius 2 is 1.78 bits per heavy atom. The van der Waals surface area contributed by atoms with E-state index in [4.69, 9.17) is 0 Å². The zero-order valence-electron chi connectivity index (χ0n) is 13.3. The minimum absolute atomic E-state index is 0.160. The third-order valence-corrected chi connectivity index (χ3v) is 4.24. The summed E-state index contributed by atoms with van der Waals surface area (Å²) in [5.74, 6) is -0.380. The van der Waals surface area contributed by atoms with Gasteiger partial charge in [0.1, 0.15) is 5.56 Å². The minimum atomic E-state index is -0.380. The van der Waals surface area contributed by atoms with Gasteiger partial charge in [0, 0.05) is 30.7 Å². The number of rotatable bonds is 3. The molecule has 1 aromatic heterocycles. The molecule has 1 aliphatic heterocycles. The van der Waals surface area contributed by atoms with Crippen molar-refractivity contribution >= 4 is 17.3 Å². The molecule has 1 fully saturated rings.